The van der Waals surface area contributed by atoms with E-state index in [-0.39, 0.29) is 0 Å². The van der Waals surface area contributed by atoms with Gasteiger partial charge in [0, 0.05) is 10.5 Å². The zero-order valence-corrected chi connectivity index (χ0v) is 14.5. The maximum absolute atomic E-state index is 3.57. The van der Waals surface area contributed by atoms with Crippen LogP contribution in [-0.2, 0) is 0 Å². The normalized spacial score (nSPS) is 24.1. The highest BCUT2D eigenvalue weighted by Gasteiger charge is 2.26. The molecule has 0 saturated heterocycles. The summed E-state index contributed by atoms with van der Waals surface area (Å²) >= 11 is 3.55. The maximum atomic E-state index is 3.57. The number of fused-ring (bicyclic) bond motifs is 1. The highest BCUT2D eigenvalue weighted by atomic mass is 79.9. The topological polar surface area (TPSA) is 12.0 Å². The number of benzene rings is 2. The third-order valence-corrected chi connectivity index (χ3v) is 5.52. The second-order valence-electron chi connectivity index (χ2n) is 6.54. The quantitative estimate of drug-likeness (QED) is 0.753. The van der Waals surface area contributed by atoms with E-state index in [2.05, 4.69) is 71.6 Å². The van der Waals surface area contributed by atoms with E-state index >= 15 is 0 Å². The molecule has 1 atom stereocenters. The van der Waals surface area contributed by atoms with Gasteiger partial charge in [0.15, 0.2) is 0 Å². The Morgan fingerprint density at radius 2 is 1.67 bits per heavy atom. The number of hydrogen-bond acceptors (Lipinski definition) is 1. The van der Waals surface area contributed by atoms with Crippen molar-refractivity contribution in [2.24, 2.45) is 11.8 Å². The van der Waals surface area contributed by atoms with Crippen LogP contribution in [0.5, 0.6) is 0 Å². The first-order valence-electron chi connectivity index (χ1n) is 8.04. The molecule has 21 heavy (non-hydrogen) atoms. The van der Waals surface area contributed by atoms with Crippen LogP contribution in [0.4, 0.5) is 0 Å². The molecule has 1 saturated carbocycles. The van der Waals surface area contributed by atoms with Gasteiger partial charge in [-0.05, 0) is 66.3 Å². The Balaban J connectivity index is 1.88. The zero-order valence-electron chi connectivity index (χ0n) is 12.9. The first kappa shape index (κ1) is 15.1. The second-order valence-corrected chi connectivity index (χ2v) is 7.45. The minimum absolute atomic E-state index is 0.491. The van der Waals surface area contributed by atoms with Gasteiger partial charge in [-0.1, -0.05) is 53.9 Å². The Labute approximate surface area is 136 Å². The predicted octanol–water partition coefficient (Wildman–Crippen LogP) is 5.69. The second kappa shape index (κ2) is 6.50. The van der Waals surface area contributed by atoms with Crippen molar-refractivity contribution in [3.05, 3.63) is 46.4 Å². The van der Waals surface area contributed by atoms with Gasteiger partial charge in [-0.15, -0.1) is 0 Å². The van der Waals surface area contributed by atoms with E-state index in [4.69, 9.17) is 0 Å². The molecule has 0 radical (unpaired) electrons. The van der Waals surface area contributed by atoms with Crippen molar-refractivity contribution in [1.29, 1.82) is 0 Å². The molecular weight excluding hydrogens is 322 g/mol. The van der Waals surface area contributed by atoms with Crippen molar-refractivity contribution in [1.82, 2.24) is 5.32 Å². The molecule has 1 aliphatic carbocycles. The van der Waals surface area contributed by atoms with Gasteiger partial charge >= 0.3 is 0 Å². The molecule has 1 nitrogen and oxygen atoms in total. The summed E-state index contributed by atoms with van der Waals surface area (Å²) in [5.74, 6) is 1.69. The van der Waals surface area contributed by atoms with Crippen LogP contribution < -0.4 is 5.32 Å². The standard InChI is InChI=1S/C19H24BrN/c1-13-3-5-14(6-4-13)19(21-2)17-8-7-16-12-18(20)10-9-15(16)11-17/h7-14,19,21H,3-6H2,1-2H3. The van der Waals surface area contributed by atoms with Crippen LogP contribution in [-0.4, -0.2) is 7.05 Å². The summed E-state index contributed by atoms with van der Waals surface area (Å²) in [6.07, 6.45) is 5.46. The van der Waals surface area contributed by atoms with Crippen molar-refractivity contribution in [3.8, 4) is 0 Å². The number of nitrogens with one attached hydrogen (secondary N) is 1. The molecule has 0 heterocycles. The largest absolute Gasteiger partial charge is 0.313 e. The third kappa shape index (κ3) is 3.32. The van der Waals surface area contributed by atoms with Crippen molar-refractivity contribution in [2.75, 3.05) is 7.05 Å². The molecule has 0 bridgehead atoms. The molecule has 0 aliphatic heterocycles. The lowest BCUT2D eigenvalue weighted by Gasteiger charge is -2.33. The van der Waals surface area contributed by atoms with E-state index in [1.165, 1.54) is 42.0 Å². The SMILES string of the molecule is CNC(c1ccc2cc(Br)ccc2c1)C1CCC(C)CC1. The van der Waals surface area contributed by atoms with Crippen LogP contribution in [0, 0.1) is 11.8 Å². The van der Waals surface area contributed by atoms with Crippen LogP contribution in [0.25, 0.3) is 10.8 Å². The fraction of sp³-hybridized carbons (Fsp3) is 0.474. The summed E-state index contributed by atoms with van der Waals surface area (Å²) in [4.78, 5) is 0. The van der Waals surface area contributed by atoms with Crippen LogP contribution in [0.1, 0.15) is 44.2 Å². The number of hydrogen-bond donors (Lipinski definition) is 1. The highest BCUT2D eigenvalue weighted by molar-refractivity contribution is 9.10. The molecule has 2 aromatic carbocycles. The Kier molecular flexibility index (Phi) is 4.66. The molecule has 1 aliphatic rings. The highest BCUT2D eigenvalue weighted by Crippen LogP contribution is 2.37. The minimum Gasteiger partial charge on any atom is -0.313 e. The summed E-state index contributed by atoms with van der Waals surface area (Å²) in [7, 11) is 2.11. The molecule has 0 aromatic heterocycles. The van der Waals surface area contributed by atoms with E-state index in [9.17, 15) is 0 Å². The smallest absolute Gasteiger partial charge is 0.0346 e. The molecule has 1 fully saturated rings. The summed E-state index contributed by atoms with van der Waals surface area (Å²) in [6, 6.07) is 13.9. The van der Waals surface area contributed by atoms with Crippen LogP contribution in [0.3, 0.4) is 0 Å². The Morgan fingerprint density at radius 1 is 1.00 bits per heavy atom. The van der Waals surface area contributed by atoms with Crippen LogP contribution >= 0.6 is 15.9 Å². The van der Waals surface area contributed by atoms with E-state index in [0.29, 0.717) is 6.04 Å². The van der Waals surface area contributed by atoms with Gasteiger partial charge in [0.25, 0.3) is 0 Å². The lowest BCUT2D eigenvalue weighted by atomic mass is 9.77. The Hall–Kier alpha value is -0.860. The zero-order chi connectivity index (χ0) is 14.8. The van der Waals surface area contributed by atoms with Crippen LogP contribution in [0.2, 0.25) is 0 Å². The summed E-state index contributed by atoms with van der Waals surface area (Å²) in [5, 5.41) is 6.21. The molecule has 2 aromatic rings. The summed E-state index contributed by atoms with van der Waals surface area (Å²) in [5.41, 5.74) is 1.44. The van der Waals surface area contributed by atoms with E-state index in [0.717, 1.165) is 16.3 Å². The van der Waals surface area contributed by atoms with Gasteiger partial charge in [0.1, 0.15) is 0 Å². The monoisotopic (exact) mass is 345 g/mol. The average Bonchev–Trinajstić information content (AvgIpc) is 2.50. The van der Waals surface area contributed by atoms with Gasteiger partial charge in [0.05, 0.1) is 0 Å². The molecule has 0 spiro atoms. The first-order valence-corrected chi connectivity index (χ1v) is 8.83. The number of rotatable bonds is 3. The molecule has 0 amide bonds. The van der Waals surface area contributed by atoms with Crippen molar-refractivity contribution >= 4 is 26.7 Å². The van der Waals surface area contributed by atoms with Gasteiger partial charge in [0.2, 0.25) is 0 Å². The van der Waals surface area contributed by atoms with Crippen molar-refractivity contribution in [3.63, 3.8) is 0 Å². The average molecular weight is 346 g/mol. The molecule has 3 rings (SSSR count). The Bertz CT molecular complexity index is 614. The summed E-state index contributed by atoms with van der Waals surface area (Å²) < 4.78 is 1.15. The van der Waals surface area contributed by atoms with E-state index in [1.807, 2.05) is 0 Å². The Morgan fingerprint density at radius 3 is 2.38 bits per heavy atom. The maximum Gasteiger partial charge on any atom is 0.0346 e. The molecule has 1 N–H and O–H groups in total. The first-order chi connectivity index (χ1) is 10.2. The molecular formula is C19H24BrN. The molecule has 2 heteroatoms. The fourth-order valence-electron chi connectivity index (χ4n) is 3.72. The van der Waals surface area contributed by atoms with E-state index in [1.54, 1.807) is 0 Å². The van der Waals surface area contributed by atoms with Gasteiger partial charge in [-0.25, -0.2) is 0 Å². The predicted molar refractivity (Wildman–Crippen MR) is 94.6 cm³/mol. The van der Waals surface area contributed by atoms with Crippen molar-refractivity contribution < 1.29 is 0 Å². The van der Waals surface area contributed by atoms with Crippen LogP contribution in [0.15, 0.2) is 40.9 Å². The van der Waals surface area contributed by atoms with Gasteiger partial charge in [-0.3, -0.25) is 0 Å². The van der Waals surface area contributed by atoms with Crippen molar-refractivity contribution in [2.45, 2.75) is 38.6 Å². The third-order valence-electron chi connectivity index (χ3n) is 5.03. The van der Waals surface area contributed by atoms with Gasteiger partial charge in [-0.2, -0.15) is 0 Å². The van der Waals surface area contributed by atoms with E-state index < -0.39 is 0 Å². The molecule has 112 valence electrons. The van der Waals surface area contributed by atoms with Gasteiger partial charge < -0.3 is 5.32 Å². The lowest BCUT2D eigenvalue weighted by Crippen LogP contribution is -2.28. The molecule has 1 unspecified atom stereocenters. The summed E-state index contributed by atoms with van der Waals surface area (Å²) in [6.45, 7) is 2.39. The minimum atomic E-state index is 0.491. The lowest BCUT2D eigenvalue weighted by molar-refractivity contribution is 0.238. The fourth-order valence-corrected chi connectivity index (χ4v) is 4.10. The number of halogens is 1.